The van der Waals surface area contributed by atoms with E-state index in [1.165, 1.54) is 5.39 Å². The van der Waals surface area contributed by atoms with Crippen LogP contribution in [0.3, 0.4) is 0 Å². The summed E-state index contributed by atoms with van der Waals surface area (Å²) in [7, 11) is 0. The highest BCUT2D eigenvalue weighted by Crippen LogP contribution is 2.15. The van der Waals surface area contributed by atoms with Crippen molar-refractivity contribution in [1.29, 1.82) is 0 Å². The summed E-state index contributed by atoms with van der Waals surface area (Å²) in [6.45, 7) is 2.10. The molecule has 0 bridgehead atoms. The van der Waals surface area contributed by atoms with Crippen molar-refractivity contribution in [1.82, 2.24) is 10.6 Å². The monoisotopic (exact) mass is 332 g/mol. The molecule has 4 heteroatoms. The lowest BCUT2D eigenvalue weighted by molar-refractivity contribution is -0.122. The van der Waals surface area contributed by atoms with Crippen LogP contribution < -0.4 is 10.6 Å². The number of benzene rings is 3. The summed E-state index contributed by atoms with van der Waals surface area (Å²) in [5.74, 6) is -0.466. The first-order valence-electron chi connectivity index (χ1n) is 8.25. The molecule has 1 unspecified atom stereocenters. The van der Waals surface area contributed by atoms with Crippen LogP contribution in [0.15, 0.2) is 72.8 Å². The zero-order valence-corrected chi connectivity index (χ0v) is 14.0. The first-order valence-corrected chi connectivity index (χ1v) is 8.25. The first kappa shape index (κ1) is 16.7. The summed E-state index contributed by atoms with van der Waals surface area (Å²) in [4.78, 5) is 24.3. The predicted octanol–water partition coefficient (Wildman–Crippen LogP) is 3.27. The second-order valence-electron chi connectivity index (χ2n) is 5.96. The van der Waals surface area contributed by atoms with Crippen molar-refractivity contribution >= 4 is 22.6 Å². The van der Waals surface area contributed by atoms with E-state index in [0.717, 1.165) is 10.9 Å². The van der Waals surface area contributed by atoms with Gasteiger partial charge in [0.1, 0.15) is 6.04 Å². The molecular formula is C21H20N2O2. The normalized spacial score (nSPS) is 11.7. The van der Waals surface area contributed by atoms with Crippen molar-refractivity contribution in [2.45, 2.75) is 19.5 Å². The SMILES string of the molecule is CC(NC(=O)c1ccccc1)C(=O)NCc1ccc2ccccc2c1. The second kappa shape index (κ2) is 7.62. The van der Waals surface area contributed by atoms with Gasteiger partial charge in [-0.1, -0.05) is 54.6 Å². The molecule has 3 rings (SSSR count). The molecule has 0 aliphatic heterocycles. The minimum atomic E-state index is -0.604. The summed E-state index contributed by atoms with van der Waals surface area (Å²) < 4.78 is 0. The van der Waals surface area contributed by atoms with E-state index < -0.39 is 6.04 Å². The topological polar surface area (TPSA) is 58.2 Å². The van der Waals surface area contributed by atoms with Crippen molar-refractivity contribution in [3.05, 3.63) is 83.9 Å². The number of hydrogen-bond donors (Lipinski definition) is 2. The average molecular weight is 332 g/mol. The molecule has 0 saturated heterocycles. The van der Waals surface area contributed by atoms with Crippen LogP contribution in [0.25, 0.3) is 10.8 Å². The maximum atomic E-state index is 12.2. The van der Waals surface area contributed by atoms with Crippen molar-refractivity contribution in [3.63, 3.8) is 0 Å². The van der Waals surface area contributed by atoms with Crippen molar-refractivity contribution in [2.24, 2.45) is 0 Å². The van der Waals surface area contributed by atoms with Crippen LogP contribution in [-0.2, 0) is 11.3 Å². The quantitative estimate of drug-likeness (QED) is 0.753. The van der Waals surface area contributed by atoms with Crippen LogP contribution in [-0.4, -0.2) is 17.9 Å². The van der Waals surface area contributed by atoms with Gasteiger partial charge in [0.15, 0.2) is 0 Å². The minimum Gasteiger partial charge on any atom is -0.350 e. The Labute approximate surface area is 146 Å². The Kier molecular flexibility index (Phi) is 5.09. The summed E-state index contributed by atoms with van der Waals surface area (Å²) in [5, 5.41) is 7.88. The number of carbonyl (C=O) groups is 2. The number of rotatable bonds is 5. The first-order chi connectivity index (χ1) is 12.1. The highest BCUT2D eigenvalue weighted by molar-refractivity contribution is 5.97. The average Bonchev–Trinajstić information content (AvgIpc) is 2.66. The molecule has 25 heavy (non-hydrogen) atoms. The molecule has 0 heterocycles. The highest BCUT2D eigenvalue weighted by atomic mass is 16.2. The van der Waals surface area contributed by atoms with Crippen LogP contribution in [0.5, 0.6) is 0 Å². The molecule has 0 spiro atoms. The predicted molar refractivity (Wildman–Crippen MR) is 99.2 cm³/mol. The van der Waals surface area contributed by atoms with Crippen LogP contribution in [0.1, 0.15) is 22.8 Å². The Balaban J connectivity index is 1.56. The molecule has 0 saturated carbocycles. The van der Waals surface area contributed by atoms with Gasteiger partial charge in [0.05, 0.1) is 0 Å². The van der Waals surface area contributed by atoms with Gasteiger partial charge in [-0.2, -0.15) is 0 Å². The Morgan fingerprint density at radius 2 is 1.56 bits per heavy atom. The highest BCUT2D eigenvalue weighted by Gasteiger charge is 2.16. The summed E-state index contributed by atoms with van der Waals surface area (Å²) in [6.07, 6.45) is 0. The van der Waals surface area contributed by atoms with E-state index in [2.05, 4.69) is 22.8 Å². The molecule has 0 aliphatic carbocycles. The molecule has 4 nitrogen and oxygen atoms in total. The van der Waals surface area contributed by atoms with Crippen LogP contribution in [0.4, 0.5) is 0 Å². The molecule has 0 radical (unpaired) electrons. The second-order valence-corrected chi connectivity index (χ2v) is 5.96. The fraction of sp³-hybridized carbons (Fsp3) is 0.143. The lowest BCUT2D eigenvalue weighted by Gasteiger charge is -2.14. The Hall–Kier alpha value is -3.14. The summed E-state index contributed by atoms with van der Waals surface area (Å²) in [5.41, 5.74) is 1.56. The van der Waals surface area contributed by atoms with Crippen LogP contribution in [0.2, 0.25) is 0 Å². The van der Waals surface area contributed by atoms with E-state index >= 15 is 0 Å². The van der Waals surface area contributed by atoms with Gasteiger partial charge in [-0.15, -0.1) is 0 Å². The Morgan fingerprint density at radius 1 is 0.880 bits per heavy atom. The van der Waals surface area contributed by atoms with Gasteiger partial charge in [0.25, 0.3) is 5.91 Å². The van der Waals surface area contributed by atoms with Gasteiger partial charge < -0.3 is 10.6 Å². The van der Waals surface area contributed by atoms with Crippen LogP contribution in [0, 0.1) is 0 Å². The third kappa shape index (κ3) is 4.23. The van der Waals surface area contributed by atoms with E-state index in [-0.39, 0.29) is 11.8 Å². The Bertz CT molecular complexity index is 891. The molecule has 126 valence electrons. The van der Waals surface area contributed by atoms with Crippen LogP contribution >= 0.6 is 0 Å². The smallest absolute Gasteiger partial charge is 0.251 e. The molecule has 3 aromatic rings. The van der Waals surface area contributed by atoms with E-state index in [1.807, 2.05) is 36.4 Å². The number of amides is 2. The zero-order chi connectivity index (χ0) is 17.6. The van der Waals surface area contributed by atoms with E-state index in [9.17, 15) is 9.59 Å². The number of fused-ring (bicyclic) bond motifs is 1. The van der Waals surface area contributed by atoms with Gasteiger partial charge in [0.2, 0.25) is 5.91 Å². The molecule has 0 aliphatic rings. The molecule has 2 amide bonds. The maximum Gasteiger partial charge on any atom is 0.251 e. The largest absolute Gasteiger partial charge is 0.350 e. The van der Waals surface area contributed by atoms with Gasteiger partial charge in [-0.05, 0) is 41.5 Å². The van der Waals surface area contributed by atoms with Gasteiger partial charge >= 0.3 is 0 Å². The molecule has 1 atom stereocenters. The minimum absolute atomic E-state index is 0.211. The Morgan fingerprint density at radius 3 is 2.32 bits per heavy atom. The van der Waals surface area contributed by atoms with E-state index in [1.54, 1.807) is 31.2 Å². The maximum absolute atomic E-state index is 12.2. The van der Waals surface area contributed by atoms with Crippen molar-refractivity contribution < 1.29 is 9.59 Å². The third-order valence-electron chi connectivity index (χ3n) is 4.06. The molecule has 2 N–H and O–H groups in total. The third-order valence-corrected chi connectivity index (χ3v) is 4.06. The van der Waals surface area contributed by atoms with Crippen molar-refractivity contribution in [2.75, 3.05) is 0 Å². The lowest BCUT2D eigenvalue weighted by Crippen LogP contribution is -2.44. The lowest BCUT2D eigenvalue weighted by atomic mass is 10.1. The number of nitrogens with one attached hydrogen (secondary N) is 2. The number of carbonyl (C=O) groups excluding carboxylic acids is 2. The molecule has 3 aromatic carbocycles. The fourth-order valence-electron chi connectivity index (χ4n) is 2.63. The van der Waals surface area contributed by atoms with E-state index in [4.69, 9.17) is 0 Å². The van der Waals surface area contributed by atoms with Gasteiger partial charge in [0, 0.05) is 12.1 Å². The standard InChI is InChI=1S/C21H20N2O2/c1-15(23-21(25)18-8-3-2-4-9-18)20(24)22-14-16-11-12-17-7-5-6-10-19(17)13-16/h2-13,15H,14H2,1H3,(H,22,24)(H,23,25). The summed E-state index contributed by atoms with van der Waals surface area (Å²) >= 11 is 0. The van der Waals surface area contributed by atoms with Gasteiger partial charge in [-0.3, -0.25) is 9.59 Å². The molecule has 0 aromatic heterocycles. The fourth-order valence-corrected chi connectivity index (χ4v) is 2.63. The number of hydrogen-bond acceptors (Lipinski definition) is 2. The molecular weight excluding hydrogens is 312 g/mol. The van der Waals surface area contributed by atoms with Crippen molar-refractivity contribution in [3.8, 4) is 0 Å². The molecule has 0 fully saturated rings. The van der Waals surface area contributed by atoms with E-state index in [0.29, 0.717) is 12.1 Å². The zero-order valence-electron chi connectivity index (χ0n) is 14.0. The summed E-state index contributed by atoms with van der Waals surface area (Å²) in [6, 6.07) is 22.4. The van der Waals surface area contributed by atoms with Gasteiger partial charge in [-0.25, -0.2) is 0 Å².